The molecule has 0 atom stereocenters. The number of benzene rings is 1. The summed E-state index contributed by atoms with van der Waals surface area (Å²) < 4.78 is 10.1. The molecule has 0 aliphatic rings. The summed E-state index contributed by atoms with van der Waals surface area (Å²) in [6.07, 6.45) is 0. The lowest BCUT2D eigenvalue weighted by atomic mass is 10.2. The number of methoxy groups -OCH3 is 1. The minimum absolute atomic E-state index is 0.0846. The molecule has 0 radical (unpaired) electrons. The Kier molecular flexibility index (Phi) is 3.60. The molecule has 19 heavy (non-hydrogen) atoms. The lowest BCUT2D eigenvalue weighted by Crippen LogP contribution is -2.07. The smallest absolute Gasteiger partial charge is 0.341 e. The van der Waals surface area contributed by atoms with Crippen molar-refractivity contribution in [2.24, 2.45) is 7.05 Å². The van der Waals surface area contributed by atoms with Crippen molar-refractivity contribution in [3.8, 4) is 5.75 Å². The zero-order valence-electron chi connectivity index (χ0n) is 10.5. The summed E-state index contributed by atoms with van der Waals surface area (Å²) in [5.41, 5.74) is 6.44. The molecule has 0 spiro atoms. The third-order valence-electron chi connectivity index (χ3n) is 2.32. The van der Waals surface area contributed by atoms with Gasteiger partial charge in [-0.15, -0.1) is 10.2 Å². The Bertz CT molecular complexity index is 596. The third-order valence-corrected chi connectivity index (χ3v) is 2.32. The van der Waals surface area contributed by atoms with Crippen LogP contribution < -0.4 is 10.5 Å². The molecule has 8 heteroatoms. The van der Waals surface area contributed by atoms with Gasteiger partial charge < -0.3 is 15.2 Å². The Labute approximate surface area is 109 Å². The van der Waals surface area contributed by atoms with E-state index in [0.29, 0.717) is 22.8 Å². The number of ether oxygens (including phenoxy) is 2. The van der Waals surface area contributed by atoms with E-state index in [2.05, 4.69) is 20.1 Å². The van der Waals surface area contributed by atoms with Crippen LogP contribution in [0.5, 0.6) is 5.75 Å². The van der Waals surface area contributed by atoms with Gasteiger partial charge in [0, 0.05) is 11.8 Å². The number of carbonyl (C=O) groups excluding carboxylic acids is 1. The molecule has 0 bridgehead atoms. The van der Waals surface area contributed by atoms with Crippen LogP contribution in [0.3, 0.4) is 0 Å². The molecule has 0 saturated carbocycles. The molecule has 100 valence electrons. The van der Waals surface area contributed by atoms with Crippen molar-refractivity contribution < 1.29 is 14.3 Å². The minimum Gasteiger partial charge on any atom is -0.484 e. The van der Waals surface area contributed by atoms with Crippen LogP contribution in [-0.4, -0.2) is 33.3 Å². The minimum atomic E-state index is -0.498. The van der Waals surface area contributed by atoms with Gasteiger partial charge in [-0.25, -0.2) is 4.79 Å². The summed E-state index contributed by atoms with van der Waals surface area (Å²) in [5, 5.41) is 11.4. The van der Waals surface area contributed by atoms with Crippen LogP contribution in [0.1, 0.15) is 16.2 Å². The quantitative estimate of drug-likeness (QED) is 0.618. The number of anilines is 1. The Morgan fingerprint density at radius 3 is 2.89 bits per heavy atom. The predicted octanol–water partition coefficient (Wildman–Crippen LogP) is 0.158. The van der Waals surface area contributed by atoms with E-state index in [9.17, 15) is 4.79 Å². The second-order valence-electron chi connectivity index (χ2n) is 3.73. The fourth-order valence-corrected chi connectivity index (χ4v) is 1.46. The summed E-state index contributed by atoms with van der Waals surface area (Å²) in [7, 11) is 2.95. The highest BCUT2D eigenvalue weighted by atomic mass is 16.5. The van der Waals surface area contributed by atoms with Gasteiger partial charge in [0.2, 0.25) is 5.82 Å². The van der Waals surface area contributed by atoms with Gasteiger partial charge in [0.05, 0.1) is 14.2 Å². The molecule has 2 rings (SSSR count). The van der Waals surface area contributed by atoms with E-state index in [1.165, 1.54) is 11.9 Å². The molecule has 0 aliphatic carbocycles. The number of carbonyl (C=O) groups is 1. The monoisotopic (exact) mass is 263 g/mol. The summed E-state index contributed by atoms with van der Waals surface area (Å²) >= 11 is 0. The second kappa shape index (κ2) is 5.34. The van der Waals surface area contributed by atoms with Crippen molar-refractivity contribution >= 4 is 11.7 Å². The van der Waals surface area contributed by atoms with Crippen LogP contribution in [0.2, 0.25) is 0 Å². The molecule has 8 nitrogen and oxygen atoms in total. The highest BCUT2D eigenvalue weighted by Crippen LogP contribution is 2.23. The van der Waals surface area contributed by atoms with E-state index in [-0.39, 0.29) is 6.61 Å². The van der Waals surface area contributed by atoms with E-state index in [4.69, 9.17) is 10.5 Å². The maximum atomic E-state index is 11.6. The Hall–Kier alpha value is -2.64. The number of nitrogen functional groups attached to an aromatic ring is 1. The van der Waals surface area contributed by atoms with Crippen molar-refractivity contribution in [3.63, 3.8) is 0 Å². The number of rotatable bonds is 4. The highest BCUT2D eigenvalue weighted by Gasteiger charge is 2.14. The van der Waals surface area contributed by atoms with Crippen molar-refractivity contribution in [2.75, 3.05) is 12.8 Å². The van der Waals surface area contributed by atoms with Gasteiger partial charge in [-0.3, -0.25) is 0 Å². The fourth-order valence-electron chi connectivity index (χ4n) is 1.46. The van der Waals surface area contributed by atoms with Gasteiger partial charge in [0.15, 0.2) is 6.61 Å². The zero-order valence-corrected chi connectivity index (χ0v) is 10.5. The van der Waals surface area contributed by atoms with Crippen molar-refractivity contribution in [1.82, 2.24) is 20.2 Å². The highest BCUT2D eigenvalue weighted by molar-refractivity contribution is 5.93. The van der Waals surface area contributed by atoms with Crippen molar-refractivity contribution in [3.05, 3.63) is 29.6 Å². The fraction of sp³-hybridized carbons (Fsp3) is 0.273. The number of tetrazole rings is 1. The summed E-state index contributed by atoms with van der Waals surface area (Å²) in [5.74, 6) is 0.224. The largest absolute Gasteiger partial charge is 0.484 e. The number of aromatic nitrogens is 4. The Morgan fingerprint density at radius 2 is 2.26 bits per heavy atom. The summed E-state index contributed by atoms with van der Waals surface area (Å²) in [6, 6.07) is 4.68. The molecule has 1 aromatic carbocycles. The molecule has 0 fully saturated rings. The van der Waals surface area contributed by atoms with Gasteiger partial charge in [-0.05, 0) is 17.3 Å². The molecular weight excluding hydrogens is 250 g/mol. The van der Waals surface area contributed by atoms with Gasteiger partial charge in [0.1, 0.15) is 11.3 Å². The number of nitrogens with two attached hydrogens (primary N) is 1. The van der Waals surface area contributed by atoms with Crippen molar-refractivity contribution in [2.45, 2.75) is 6.61 Å². The first-order chi connectivity index (χ1) is 9.10. The van der Waals surface area contributed by atoms with E-state index in [0.717, 1.165) is 0 Å². The SMILES string of the molecule is COC(=O)c1ccc(N)cc1OCc1nnn(C)n1. The van der Waals surface area contributed by atoms with Gasteiger partial charge in [-0.2, -0.15) is 4.80 Å². The molecule has 2 N–H and O–H groups in total. The van der Waals surface area contributed by atoms with E-state index in [1.807, 2.05) is 0 Å². The number of esters is 1. The molecule has 1 heterocycles. The summed E-state index contributed by atoms with van der Waals surface area (Å²) in [6.45, 7) is 0.0846. The molecule has 0 unspecified atom stereocenters. The number of aryl methyl sites for hydroxylation is 1. The summed E-state index contributed by atoms with van der Waals surface area (Å²) in [4.78, 5) is 12.9. The van der Waals surface area contributed by atoms with Crippen LogP contribution in [-0.2, 0) is 18.4 Å². The van der Waals surface area contributed by atoms with Gasteiger partial charge in [0.25, 0.3) is 0 Å². The number of nitrogens with zero attached hydrogens (tertiary/aromatic N) is 4. The number of hydrogen-bond donors (Lipinski definition) is 1. The topological polar surface area (TPSA) is 105 Å². The van der Waals surface area contributed by atoms with E-state index in [1.54, 1.807) is 25.2 Å². The second-order valence-corrected chi connectivity index (χ2v) is 3.73. The van der Waals surface area contributed by atoms with Crippen molar-refractivity contribution in [1.29, 1.82) is 0 Å². The lowest BCUT2D eigenvalue weighted by Gasteiger charge is -2.09. The van der Waals surface area contributed by atoms with E-state index >= 15 is 0 Å². The predicted molar refractivity (Wildman–Crippen MR) is 65.3 cm³/mol. The van der Waals surface area contributed by atoms with Gasteiger partial charge in [-0.1, -0.05) is 0 Å². The van der Waals surface area contributed by atoms with Gasteiger partial charge >= 0.3 is 5.97 Å². The number of hydrogen-bond acceptors (Lipinski definition) is 7. The van der Waals surface area contributed by atoms with Crippen LogP contribution >= 0.6 is 0 Å². The first kappa shape index (κ1) is 12.8. The van der Waals surface area contributed by atoms with E-state index < -0.39 is 5.97 Å². The molecular formula is C11H13N5O3. The average molecular weight is 263 g/mol. The zero-order chi connectivity index (χ0) is 13.8. The molecule has 0 saturated heterocycles. The standard InChI is InChI=1S/C11H13N5O3/c1-16-14-10(13-15-16)6-19-9-5-7(12)3-4-8(9)11(17)18-2/h3-5H,6,12H2,1-2H3. The average Bonchev–Trinajstić information content (AvgIpc) is 2.81. The lowest BCUT2D eigenvalue weighted by molar-refractivity contribution is 0.0595. The third kappa shape index (κ3) is 2.97. The normalized spacial score (nSPS) is 10.2. The van der Waals surface area contributed by atoms with Crippen LogP contribution in [0, 0.1) is 0 Å². The molecule has 0 aliphatic heterocycles. The first-order valence-corrected chi connectivity index (χ1v) is 5.43. The molecule has 0 amide bonds. The Morgan fingerprint density at radius 1 is 1.47 bits per heavy atom. The van der Waals surface area contributed by atoms with Crippen LogP contribution in [0.25, 0.3) is 0 Å². The maximum absolute atomic E-state index is 11.6. The molecule has 2 aromatic rings. The maximum Gasteiger partial charge on any atom is 0.341 e. The molecule has 1 aromatic heterocycles. The first-order valence-electron chi connectivity index (χ1n) is 5.43. The Balaban J connectivity index is 2.18. The van der Waals surface area contributed by atoms with Crippen LogP contribution in [0.15, 0.2) is 18.2 Å². The van der Waals surface area contributed by atoms with Crippen LogP contribution in [0.4, 0.5) is 5.69 Å².